The van der Waals surface area contributed by atoms with Crippen LogP contribution in [-0.4, -0.2) is 14.8 Å². The molecule has 0 amide bonds. The van der Waals surface area contributed by atoms with Crippen LogP contribution >= 0.6 is 11.6 Å². The Balaban J connectivity index is 2.57. The van der Waals surface area contributed by atoms with Crippen LogP contribution < -0.4 is 5.73 Å². The number of benzene rings is 1. The molecule has 4 nitrogen and oxygen atoms in total. The molecule has 0 aliphatic rings. The summed E-state index contributed by atoms with van der Waals surface area (Å²) in [5, 5.41) is 4.55. The fourth-order valence-electron chi connectivity index (χ4n) is 1.04. The van der Waals surface area contributed by atoms with Crippen molar-refractivity contribution in [1.29, 1.82) is 0 Å². The lowest BCUT2D eigenvalue weighted by Crippen LogP contribution is -1.96. The van der Waals surface area contributed by atoms with Crippen LogP contribution in [-0.2, 0) is 0 Å². The van der Waals surface area contributed by atoms with Crippen LogP contribution in [0.5, 0.6) is 0 Å². The maximum Gasteiger partial charge on any atom is 0.138 e. The monoisotopic (exact) mass is 194 g/mol. The Morgan fingerprint density at radius 3 is 2.92 bits per heavy atom. The molecule has 0 saturated heterocycles. The molecule has 2 N–H and O–H groups in total. The molecule has 1 aromatic carbocycles. The Bertz CT molecular complexity index is 410. The number of nitrogens with zero attached hydrogens (tertiary/aromatic N) is 3. The van der Waals surface area contributed by atoms with E-state index in [2.05, 4.69) is 10.1 Å². The number of hydrogen-bond donors (Lipinski definition) is 1. The molecule has 2 aromatic rings. The molecule has 0 aliphatic carbocycles. The summed E-state index contributed by atoms with van der Waals surface area (Å²) < 4.78 is 1.57. The van der Waals surface area contributed by atoms with Crippen LogP contribution in [0.25, 0.3) is 5.69 Å². The van der Waals surface area contributed by atoms with Crippen LogP contribution in [0.15, 0.2) is 30.9 Å². The standard InChI is InChI=1S/C8H7ClN4/c9-7-2-1-6(10)3-8(7)13-5-11-4-12-13/h1-5H,10H2. The molecule has 0 spiro atoms. The molecule has 0 fully saturated rings. The van der Waals surface area contributed by atoms with Crippen molar-refractivity contribution >= 4 is 17.3 Å². The van der Waals surface area contributed by atoms with Gasteiger partial charge in [0.05, 0.1) is 10.7 Å². The molecule has 1 aromatic heterocycles. The van der Waals surface area contributed by atoms with Gasteiger partial charge in [0.2, 0.25) is 0 Å². The Labute approximate surface area is 80.0 Å². The number of aromatic nitrogens is 3. The minimum Gasteiger partial charge on any atom is -0.399 e. The lowest BCUT2D eigenvalue weighted by atomic mass is 10.3. The Morgan fingerprint density at radius 2 is 2.23 bits per heavy atom. The topological polar surface area (TPSA) is 56.7 Å². The third-order valence-corrected chi connectivity index (χ3v) is 1.96. The van der Waals surface area contributed by atoms with Crippen molar-refractivity contribution in [2.75, 3.05) is 5.73 Å². The molecule has 0 atom stereocenters. The summed E-state index contributed by atoms with van der Waals surface area (Å²) in [6.45, 7) is 0. The molecule has 13 heavy (non-hydrogen) atoms. The fourth-order valence-corrected chi connectivity index (χ4v) is 1.24. The van der Waals surface area contributed by atoms with Crippen molar-refractivity contribution in [2.45, 2.75) is 0 Å². The molecule has 5 heteroatoms. The predicted octanol–water partition coefficient (Wildman–Crippen LogP) is 1.50. The minimum atomic E-state index is 0.597. The van der Waals surface area contributed by atoms with Gasteiger partial charge in [0.1, 0.15) is 12.7 Å². The van der Waals surface area contributed by atoms with Crippen LogP contribution in [0, 0.1) is 0 Å². The van der Waals surface area contributed by atoms with Gasteiger partial charge in [-0.25, -0.2) is 9.67 Å². The van der Waals surface area contributed by atoms with E-state index in [9.17, 15) is 0 Å². The van der Waals surface area contributed by atoms with Crippen LogP contribution in [0.3, 0.4) is 0 Å². The summed E-state index contributed by atoms with van der Waals surface area (Å²) in [4.78, 5) is 3.82. The summed E-state index contributed by atoms with van der Waals surface area (Å²) >= 11 is 5.94. The number of hydrogen-bond acceptors (Lipinski definition) is 3. The average molecular weight is 195 g/mol. The normalized spacial score (nSPS) is 10.2. The fraction of sp³-hybridized carbons (Fsp3) is 0. The number of rotatable bonds is 1. The van der Waals surface area contributed by atoms with Crippen LogP contribution in [0.4, 0.5) is 5.69 Å². The Hall–Kier alpha value is -1.55. The second-order valence-electron chi connectivity index (χ2n) is 2.55. The van der Waals surface area contributed by atoms with Gasteiger partial charge in [-0.2, -0.15) is 5.10 Å². The van der Waals surface area contributed by atoms with Gasteiger partial charge < -0.3 is 5.73 Å². The molecule has 0 saturated carbocycles. The van der Waals surface area contributed by atoms with Gasteiger partial charge in [-0.15, -0.1) is 0 Å². The number of halogens is 1. The van der Waals surface area contributed by atoms with Gasteiger partial charge in [0, 0.05) is 5.69 Å². The van der Waals surface area contributed by atoms with E-state index in [4.69, 9.17) is 17.3 Å². The molecule has 0 bridgehead atoms. The highest BCUT2D eigenvalue weighted by atomic mass is 35.5. The minimum absolute atomic E-state index is 0.597. The Kier molecular flexibility index (Phi) is 1.90. The van der Waals surface area contributed by atoms with E-state index in [0.29, 0.717) is 10.7 Å². The van der Waals surface area contributed by atoms with E-state index < -0.39 is 0 Å². The first-order valence-corrected chi connectivity index (χ1v) is 4.05. The highest BCUT2D eigenvalue weighted by Gasteiger charge is 2.02. The van der Waals surface area contributed by atoms with E-state index in [1.165, 1.54) is 6.33 Å². The van der Waals surface area contributed by atoms with E-state index in [1.807, 2.05) is 0 Å². The third kappa shape index (κ3) is 1.48. The summed E-state index contributed by atoms with van der Waals surface area (Å²) in [7, 11) is 0. The van der Waals surface area contributed by atoms with Crippen LogP contribution in [0.2, 0.25) is 5.02 Å². The van der Waals surface area contributed by atoms with E-state index >= 15 is 0 Å². The smallest absolute Gasteiger partial charge is 0.138 e. The molecule has 0 aliphatic heterocycles. The summed E-state index contributed by atoms with van der Waals surface area (Å²) in [5.41, 5.74) is 7.00. The average Bonchev–Trinajstić information content (AvgIpc) is 2.61. The SMILES string of the molecule is Nc1ccc(Cl)c(-n2cncn2)c1. The van der Waals surface area contributed by atoms with Gasteiger partial charge in [-0.1, -0.05) is 11.6 Å². The maximum absolute atomic E-state index is 5.94. The zero-order valence-electron chi connectivity index (χ0n) is 6.68. The number of nitrogens with two attached hydrogens (primary N) is 1. The lowest BCUT2D eigenvalue weighted by Gasteiger charge is -2.03. The molecular formula is C8H7ClN4. The largest absolute Gasteiger partial charge is 0.399 e. The van der Waals surface area contributed by atoms with Gasteiger partial charge in [0.25, 0.3) is 0 Å². The summed E-state index contributed by atoms with van der Waals surface area (Å²) in [6, 6.07) is 5.22. The Morgan fingerprint density at radius 1 is 1.38 bits per heavy atom. The van der Waals surface area contributed by atoms with E-state index in [-0.39, 0.29) is 0 Å². The quantitative estimate of drug-likeness (QED) is 0.700. The van der Waals surface area contributed by atoms with E-state index in [1.54, 1.807) is 29.2 Å². The first-order chi connectivity index (χ1) is 6.27. The molecule has 0 radical (unpaired) electrons. The predicted molar refractivity (Wildman–Crippen MR) is 50.8 cm³/mol. The highest BCUT2D eigenvalue weighted by molar-refractivity contribution is 6.32. The molecule has 2 rings (SSSR count). The van der Waals surface area contributed by atoms with Crippen molar-refractivity contribution in [3.8, 4) is 5.69 Å². The van der Waals surface area contributed by atoms with Gasteiger partial charge in [-0.05, 0) is 18.2 Å². The van der Waals surface area contributed by atoms with Crippen molar-refractivity contribution in [3.63, 3.8) is 0 Å². The molecule has 1 heterocycles. The number of anilines is 1. The van der Waals surface area contributed by atoms with Crippen molar-refractivity contribution in [3.05, 3.63) is 35.9 Å². The van der Waals surface area contributed by atoms with Gasteiger partial charge in [-0.3, -0.25) is 0 Å². The first kappa shape index (κ1) is 8.07. The third-order valence-electron chi connectivity index (χ3n) is 1.64. The van der Waals surface area contributed by atoms with Crippen molar-refractivity contribution in [1.82, 2.24) is 14.8 Å². The van der Waals surface area contributed by atoms with E-state index in [0.717, 1.165) is 5.69 Å². The van der Waals surface area contributed by atoms with Crippen LogP contribution in [0.1, 0.15) is 0 Å². The lowest BCUT2D eigenvalue weighted by molar-refractivity contribution is 0.879. The molecular weight excluding hydrogens is 188 g/mol. The zero-order valence-corrected chi connectivity index (χ0v) is 7.44. The second kappa shape index (κ2) is 3.06. The maximum atomic E-state index is 5.94. The van der Waals surface area contributed by atoms with Gasteiger partial charge >= 0.3 is 0 Å². The second-order valence-corrected chi connectivity index (χ2v) is 2.96. The van der Waals surface area contributed by atoms with Crippen molar-refractivity contribution < 1.29 is 0 Å². The summed E-state index contributed by atoms with van der Waals surface area (Å²) in [5.74, 6) is 0. The molecule has 66 valence electrons. The molecule has 0 unspecified atom stereocenters. The first-order valence-electron chi connectivity index (χ1n) is 3.67. The van der Waals surface area contributed by atoms with Crippen molar-refractivity contribution in [2.24, 2.45) is 0 Å². The van der Waals surface area contributed by atoms with Gasteiger partial charge in [0.15, 0.2) is 0 Å². The highest BCUT2D eigenvalue weighted by Crippen LogP contribution is 2.21. The summed E-state index contributed by atoms with van der Waals surface area (Å²) in [6.07, 6.45) is 3.01. The number of nitrogen functional groups attached to an aromatic ring is 1. The zero-order chi connectivity index (χ0) is 9.26.